The second kappa shape index (κ2) is 3.80. The molecule has 2 aromatic rings. The molecule has 78 valence electrons. The van der Waals surface area contributed by atoms with Crippen LogP contribution in [-0.2, 0) is 7.05 Å². The second-order valence-corrected chi connectivity index (χ2v) is 4.58. The van der Waals surface area contributed by atoms with Gasteiger partial charge in [-0.3, -0.25) is 0 Å². The first-order valence-corrected chi connectivity index (χ1v) is 5.59. The Morgan fingerprint density at radius 3 is 2.73 bits per heavy atom. The molecule has 0 aliphatic heterocycles. The van der Waals surface area contributed by atoms with E-state index < -0.39 is 0 Å². The molecule has 4 nitrogen and oxygen atoms in total. The van der Waals surface area contributed by atoms with Crippen molar-refractivity contribution in [1.82, 2.24) is 14.8 Å². The first-order valence-electron chi connectivity index (χ1n) is 4.51. The summed E-state index contributed by atoms with van der Waals surface area (Å²) in [5.41, 5.74) is 7.58. The molecule has 15 heavy (non-hydrogen) atoms. The summed E-state index contributed by atoms with van der Waals surface area (Å²) in [6.07, 6.45) is 0. The van der Waals surface area contributed by atoms with Crippen LogP contribution in [0.3, 0.4) is 0 Å². The number of nitrogens with two attached hydrogens (primary N) is 1. The number of aryl methyl sites for hydroxylation is 2. The molecular weight excluding hydrogens is 303 g/mol. The Morgan fingerprint density at radius 2 is 2.13 bits per heavy atom. The molecular formula is C10H11IN4. The Bertz CT molecular complexity index is 504. The van der Waals surface area contributed by atoms with Crippen molar-refractivity contribution < 1.29 is 0 Å². The van der Waals surface area contributed by atoms with Crippen molar-refractivity contribution >= 4 is 28.3 Å². The van der Waals surface area contributed by atoms with E-state index in [2.05, 4.69) is 32.7 Å². The van der Waals surface area contributed by atoms with E-state index in [-0.39, 0.29) is 0 Å². The molecule has 1 aromatic heterocycles. The van der Waals surface area contributed by atoms with Crippen LogP contribution in [0.25, 0.3) is 11.4 Å². The predicted molar refractivity (Wildman–Crippen MR) is 68.3 cm³/mol. The van der Waals surface area contributed by atoms with Gasteiger partial charge in [0.15, 0.2) is 5.82 Å². The Balaban J connectivity index is 2.62. The fourth-order valence-electron chi connectivity index (χ4n) is 1.47. The van der Waals surface area contributed by atoms with Gasteiger partial charge in [0.1, 0.15) is 5.82 Å². The van der Waals surface area contributed by atoms with Gasteiger partial charge in [0.25, 0.3) is 0 Å². The number of rotatable bonds is 1. The smallest absolute Gasteiger partial charge is 0.160 e. The van der Waals surface area contributed by atoms with Crippen LogP contribution in [0, 0.1) is 10.5 Å². The van der Waals surface area contributed by atoms with Gasteiger partial charge >= 0.3 is 0 Å². The topological polar surface area (TPSA) is 56.7 Å². The third-order valence-corrected chi connectivity index (χ3v) is 2.80. The molecule has 0 aliphatic rings. The molecule has 0 spiro atoms. The number of hydrogen-bond acceptors (Lipinski definition) is 3. The van der Waals surface area contributed by atoms with Gasteiger partial charge in [0.2, 0.25) is 0 Å². The summed E-state index contributed by atoms with van der Waals surface area (Å²) in [7, 11) is 1.87. The zero-order chi connectivity index (χ0) is 11.0. The summed E-state index contributed by atoms with van der Waals surface area (Å²) in [6.45, 7) is 1.87. The van der Waals surface area contributed by atoms with Gasteiger partial charge in [-0.05, 0) is 47.7 Å². The minimum atomic E-state index is 0.728. The third kappa shape index (κ3) is 1.97. The largest absolute Gasteiger partial charge is 0.398 e. The van der Waals surface area contributed by atoms with Crippen LogP contribution in [0.1, 0.15) is 5.82 Å². The molecule has 0 atom stereocenters. The minimum Gasteiger partial charge on any atom is -0.398 e. The van der Waals surface area contributed by atoms with Gasteiger partial charge in [-0.25, -0.2) is 9.67 Å². The summed E-state index contributed by atoms with van der Waals surface area (Å²) in [6, 6.07) is 5.88. The fraction of sp³-hybridized carbons (Fsp3) is 0.200. The summed E-state index contributed by atoms with van der Waals surface area (Å²) in [5, 5.41) is 4.21. The Hall–Kier alpha value is -1.11. The maximum absolute atomic E-state index is 5.92. The van der Waals surface area contributed by atoms with E-state index in [1.54, 1.807) is 4.68 Å². The molecule has 1 aromatic carbocycles. The molecule has 0 unspecified atom stereocenters. The summed E-state index contributed by atoms with van der Waals surface area (Å²) in [4.78, 5) is 4.35. The van der Waals surface area contributed by atoms with Crippen LogP contribution in [0.15, 0.2) is 18.2 Å². The van der Waals surface area contributed by atoms with E-state index in [4.69, 9.17) is 5.73 Å². The van der Waals surface area contributed by atoms with Crippen molar-refractivity contribution in [3.63, 3.8) is 0 Å². The fourth-order valence-corrected chi connectivity index (χ4v) is 1.96. The van der Waals surface area contributed by atoms with Crippen LogP contribution in [0.5, 0.6) is 0 Å². The highest BCUT2D eigenvalue weighted by Gasteiger charge is 2.10. The minimum absolute atomic E-state index is 0.728. The molecule has 0 radical (unpaired) electrons. The van der Waals surface area contributed by atoms with Gasteiger partial charge in [0.05, 0.1) is 0 Å². The van der Waals surface area contributed by atoms with E-state index in [0.717, 1.165) is 26.5 Å². The monoisotopic (exact) mass is 314 g/mol. The van der Waals surface area contributed by atoms with Crippen LogP contribution >= 0.6 is 22.6 Å². The SMILES string of the molecule is Cc1nc(-c2cc(I)ccc2N)n(C)n1. The van der Waals surface area contributed by atoms with Crippen molar-refractivity contribution in [2.45, 2.75) is 6.92 Å². The highest BCUT2D eigenvalue weighted by Crippen LogP contribution is 2.25. The van der Waals surface area contributed by atoms with E-state index in [1.807, 2.05) is 32.2 Å². The lowest BCUT2D eigenvalue weighted by molar-refractivity contribution is 0.764. The molecule has 2 rings (SSSR count). The van der Waals surface area contributed by atoms with Crippen molar-refractivity contribution in [3.05, 3.63) is 27.6 Å². The number of halogens is 1. The molecule has 0 aliphatic carbocycles. The molecule has 0 amide bonds. The Labute approximate surface area is 102 Å². The normalized spacial score (nSPS) is 10.6. The zero-order valence-corrected chi connectivity index (χ0v) is 10.7. The van der Waals surface area contributed by atoms with Gasteiger partial charge in [-0.1, -0.05) is 0 Å². The lowest BCUT2D eigenvalue weighted by Crippen LogP contribution is -1.98. The van der Waals surface area contributed by atoms with Crippen LogP contribution in [0.2, 0.25) is 0 Å². The number of nitrogen functional groups attached to an aromatic ring is 1. The molecule has 2 N–H and O–H groups in total. The van der Waals surface area contributed by atoms with Gasteiger partial charge in [0, 0.05) is 21.9 Å². The highest BCUT2D eigenvalue weighted by atomic mass is 127. The van der Waals surface area contributed by atoms with Crippen molar-refractivity contribution in [1.29, 1.82) is 0 Å². The molecule has 0 saturated heterocycles. The number of aromatic nitrogens is 3. The van der Waals surface area contributed by atoms with Crippen LogP contribution in [-0.4, -0.2) is 14.8 Å². The van der Waals surface area contributed by atoms with Gasteiger partial charge in [-0.2, -0.15) is 5.10 Å². The van der Waals surface area contributed by atoms with E-state index >= 15 is 0 Å². The van der Waals surface area contributed by atoms with Crippen molar-refractivity contribution in [3.8, 4) is 11.4 Å². The lowest BCUT2D eigenvalue weighted by atomic mass is 10.2. The van der Waals surface area contributed by atoms with Gasteiger partial charge < -0.3 is 5.73 Å². The van der Waals surface area contributed by atoms with Gasteiger partial charge in [-0.15, -0.1) is 0 Å². The van der Waals surface area contributed by atoms with E-state index in [1.165, 1.54) is 0 Å². The van der Waals surface area contributed by atoms with Crippen molar-refractivity contribution in [2.24, 2.45) is 7.05 Å². The molecule has 0 saturated carbocycles. The Kier molecular flexibility index (Phi) is 2.64. The zero-order valence-electron chi connectivity index (χ0n) is 8.53. The standard InChI is InChI=1S/C10H11IN4/c1-6-13-10(15(2)14-6)8-5-7(11)3-4-9(8)12/h3-5H,12H2,1-2H3. The molecule has 1 heterocycles. The summed E-state index contributed by atoms with van der Waals surface area (Å²) >= 11 is 2.25. The number of hydrogen-bond donors (Lipinski definition) is 1. The molecule has 0 bridgehead atoms. The summed E-state index contributed by atoms with van der Waals surface area (Å²) in [5.74, 6) is 1.56. The first-order chi connectivity index (χ1) is 7.08. The molecule has 5 heteroatoms. The Morgan fingerprint density at radius 1 is 1.40 bits per heavy atom. The average molecular weight is 314 g/mol. The highest BCUT2D eigenvalue weighted by molar-refractivity contribution is 14.1. The van der Waals surface area contributed by atoms with E-state index in [0.29, 0.717) is 0 Å². The number of anilines is 1. The predicted octanol–water partition coefficient (Wildman–Crippen LogP) is 1.98. The maximum atomic E-state index is 5.92. The second-order valence-electron chi connectivity index (χ2n) is 3.34. The van der Waals surface area contributed by atoms with E-state index in [9.17, 15) is 0 Å². The number of benzene rings is 1. The maximum Gasteiger partial charge on any atom is 0.160 e. The average Bonchev–Trinajstić information content (AvgIpc) is 2.50. The summed E-state index contributed by atoms with van der Waals surface area (Å²) < 4.78 is 2.88. The molecule has 0 fully saturated rings. The van der Waals surface area contributed by atoms with Crippen LogP contribution < -0.4 is 5.73 Å². The first kappa shape index (κ1) is 10.4. The van der Waals surface area contributed by atoms with Crippen molar-refractivity contribution in [2.75, 3.05) is 5.73 Å². The number of nitrogens with zero attached hydrogens (tertiary/aromatic N) is 3. The quantitative estimate of drug-likeness (QED) is 0.647. The van der Waals surface area contributed by atoms with Crippen LogP contribution in [0.4, 0.5) is 5.69 Å². The lowest BCUT2D eigenvalue weighted by Gasteiger charge is -2.04. The third-order valence-electron chi connectivity index (χ3n) is 2.13.